The molecule has 20 heavy (non-hydrogen) atoms. The second-order valence-electron chi connectivity index (χ2n) is 5.49. The Balaban J connectivity index is 1.68. The Kier molecular flexibility index (Phi) is 5.16. The molecular weight excluding hydrogens is 252 g/mol. The number of rotatable bonds is 5. The minimum Gasteiger partial charge on any atom is -0.356 e. The van der Waals surface area contributed by atoms with Crippen molar-refractivity contribution in [3.8, 4) is 0 Å². The number of carbonyl (C=O) groups excluding carboxylic acids is 2. The zero-order valence-corrected chi connectivity index (χ0v) is 11.9. The number of piperidine rings is 1. The van der Waals surface area contributed by atoms with Crippen LogP contribution >= 0.6 is 0 Å². The molecule has 108 valence electrons. The molecule has 1 aromatic carbocycles. The molecule has 0 unspecified atom stereocenters. The molecule has 1 fully saturated rings. The van der Waals surface area contributed by atoms with E-state index in [-0.39, 0.29) is 23.8 Å². The van der Waals surface area contributed by atoms with Crippen LogP contribution in [0.2, 0.25) is 0 Å². The quantitative estimate of drug-likeness (QED) is 0.802. The van der Waals surface area contributed by atoms with E-state index in [1.54, 1.807) is 0 Å². The molecule has 1 aliphatic rings. The van der Waals surface area contributed by atoms with Crippen molar-refractivity contribution < 1.29 is 9.59 Å². The molecular formula is C16H22N2O2. The van der Waals surface area contributed by atoms with Gasteiger partial charge in [-0.3, -0.25) is 9.59 Å². The van der Waals surface area contributed by atoms with Gasteiger partial charge in [-0.25, -0.2) is 0 Å². The lowest BCUT2D eigenvalue weighted by atomic mass is 9.92. The summed E-state index contributed by atoms with van der Waals surface area (Å²) in [6, 6.07) is 10.3. The molecule has 0 bridgehead atoms. The van der Waals surface area contributed by atoms with Crippen LogP contribution in [0, 0.1) is 5.92 Å². The number of hydrogen-bond acceptors (Lipinski definition) is 2. The lowest BCUT2D eigenvalue weighted by Gasteiger charge is -2.26. The van der Waals surface area contributed by atoms with E-state index in [4.69, 9.17) is 0 Å². The maximum Gasteiger partial charge on any atom is 0.223 e. The van der Waals surface area contributed by atoms with Gasteiger partial charge in [-0.05, 0) is 31.7 Å². The lowest BCUT2D eigenvalue weighted by molar-refractivity contribution is -0.133. The summed E-state index contributed by atoms with van der Waals surface area (Å²) >= 11 is 0. The summed E-state index contributed by atoms with van der Waals surface area (Å²) in [6.07, 6.45) is 2.93. The Labute approximate surface area is 119 Å². The van der Waals surface area contributed by atoms with Gasteiger partial charge in [0.2, 0.25) is 11.8 Å². The Morgan fingerprint density at radius 2 is 2.10 bits per heavy atom. The van der Waals surface area contributed by atoms with Gasteiger partial charge in [-0.15, -0.1) is 0 Å². The number of amides is 2. The first-order chi connectivity index (χ1) is 9.65. The van der Waals surface area contributed by atoms with Crippen LogP contribution in [0.5, 0.6) is 0 Å². The van der Waals surface area contributed by atoms with Crippen LogP contribution in [0.25, 0.3) is 0 Å². The minimum atomic E-state index is -0.171. The van der Waals surface area contributed by atoms with E-state index < -0.39 is 0 Å². The van der Waals surface area contributed by atoms with Crippen LogP contribution in [0.1, 0.15) is 31.7 Å². The Morgan fingerprint density at radius 1 is 1.35 bits per heavy atom. The number of hydrogen-bond donors (Lipinski definition) is 2. The fraction of sp³-hybridized carbons (Fsp3) is 0.500. The van der Waals surface area contributed by atoms with Gasteiger partial charge in [0.25, 0.3) is 0 Å². The predicted molar refractivity (Wildman–Crippen MR) is 78.1 cm³/mol. The molecule has 0 radical (unpaired) electrons. The molecule has 2 amide bonds. The van der Waals surface area contributed by atoms with Gasteiger partial charge in [0, 0.05) is 24.9 Å². The maximum atomic E-state index is 12.0. The molecule has 1 saturated heterocycles. The molecule has 4 nitrogen and oxygen atoms in total. The van der Waals surface area contributed by atoms with Crippen LogP contribution < -0.4 is 10.6 Å². The van der Waals surface area contributed by atoms with Gasteiger partial charge >= 0.3 is 0 Å². The number of carbonyl (C=O) groups is 2. The molecule has 4 heteroatoms. The van der Waals surface area contributed by atoms with Crippen LogP contribution in [0.4, 0.5) is 0 Å². The highest BCUT2D eigenvalue weighted by atomic mass is 16.2. The molecule has 2 atom stereocenters. The van der Waals surface area contributed by atoms with E-state index in [9.17, 15) is 9.59 Å². The summed E-state index contributed by atoms with van der Waals surface area (Å²) in [5, 5.41) is 5.78. The van der Waals surface area contributed by atoms with E-state index >= 15 is 0 Å². The van der Waals surface area contributed by atoms with Crippen LogP contribution in [-0.4, -0.2) is 24.4 Å². The summed E-state index contributed by atoms with van der Waals surface area (Å²) in [6.45, 7) is 2.60. The summed E-state index contributed by atoms with van der Waals surface area (Å²) in [5.74, 6) is -0.177. The van der Waals surface area contributed by atoms with Crippen LogP contribution in [-0.2, 0) is 16.0 Å². The highest BCUT2D eigenvalue weighted by Crippen LogP contribution is 2.16. The molecule has 0 saturated carbocycles. The first kappa shape index (κ1) is 14.6. The SMILES string of the molecule is C[C@@H]1C[C@H](C(=O)NCCCc2ccccc2)CC(=O)N1. The van der Waals surface area contributed by atoms with Crippen molar-refractivity contribution in [2.75, 3.05) is 6.54 Å². The molecule has 1 heterocycles. The number of nitrogens with one attached hydrogen (secondary N) is 2. The first-order valence-electron chi connectivity index (χ1n) is 7.26. The van der Waals surface area contributed by atoms with Crippen LogP contribution in [0.3, 0.4) is 0 Å². The van der Waals surface area contributed by atoms with E-state index in [1.807, 2.05) is 25.1 Å². The Bertz CT molecular complexity index is 459. The summed E-state index contributed by atoms with van der Waals surface area (Å²) in [5.41, 5.74) is 1.28. The molecule has 1 aliphatic heterocycles. The fourth-order valence-corrected chi connectivity index (χ4v) is 2.62. The molecule has 0 aliphatic carbocycles. The summed E-state index contributed by atoms with van der Waals surface area (Å²) in [7, 11) is 0. The van der Waals surface area contributed by atoms with Crippen LogP contribution in [0.15, 0.2) is 30.3 Å². The normalized spacial score (nSPS) is 22.1. The Morgan fingerprint density at radius 3 is 2.80 bits per heavy atom. The molecule has 1 aromatic rings. The molecule has 0 spiro atoms. The Hall–Kier alpha value is -1.84. The summed E-state index contributed by atoms with van der Waals surface area (Å²) in [4.78, 5) is 23.4. The topological polar surface area (TPSA) is 58.2 Å². The van der Waals surface area contributed by atoms with E-state index in [1.165, 1.54) is 5.56 Å². The zero-order chi connectivity index (χ0) is 14.4. The largest absolute Gasteiger partial charge is 0.356 e. The van der Waals surface area contributed by atoms with Crippen molar-refractivity contribution >= 4 is 11.8 Å². The number of benzene rings is 1. The maximum absolute atomic E-state index is 12.0. The molecule has 0 aromatic heterocycles. The second kappa shape index (κ2) is 7.08. The third-order valence-corrected chi connectivity index (χ3v) is 3.63. The monoisotopic (exact) mass is 274 g/mol. The van der Waals surface area contributed by atoms with E-state index in [0.29, 0.717) is 13.0 Å². The standard InChI is InChI=1S/C16H22N2O2/c1-12-10-14(11-15(19)18-12)16(20)17-9-5-8-13-6-3-2-4-7-13/h2-4,6-7,12,14H,5,8-11H2,1H3,(H,17,20)(H,18,19)/t12-,14+/m1/s1. The third kappa shape index (κ3) is 4.37. The minimum absolute atomic E-state index is 0.0137. The van der Waals surface area contributed by atoms with Crippen molar-refractivity contribution in [2.24, 2.45) is 5.92 Å². The zero-order valence-electron chi connectivity index (χ0n) is 11.9. The van der Waals surface area contributed by atoms with Gasteiger partial charge in [-0.1, -0.05) is 30.3 Å². The van der Waals surface area contributed by atoms with Gasteiger partial charge in [0.15, 0.2) is 0 Å². The van der Waals surface area contributed by atoms with Gasteiger partial charge in [0.05, 0.1) is 0 Å². The highest BCUT2D eigenvalue weighted by molar-refractivity contribution is 5.87. The second-order valence-corrected chi connectivity index (χ2v) is 5.49. The average Bonchev–Trinajstić information content (AvgIpc) is 2.43. The van der Waals surface area contributed by atoms with E-state index in [2.05, 4.69) is 22.8 Å². The first-order valence-corrected chi connectivity index (χ1v) is 7.26. The van der Waals surface area contributed by atoms with Gasteiger partial charge in [-0.2, -0.15) is 0 Å². The predicted octanol–water partition coefficient (Wildman–Crippen LogP) is 1.65. The smallest absolute Gasteiger partial charge is 0.223 e. The van der Waals surface area contributed by atoms with Crippen molar-refractivity contribution in [1.82, 2.24) is 10.6 Å². The van der Waals surface area contributed by atoms with Gasteiger partial charge in [0.1, 0.15) is 0 Å². The third-order valence-electron chi connectivity index (χ3n) is 3.63. The van der Waals surface area contributed by atoms with Crippen molar-refractivity contribution in [2.45, 2.75) is 38.6 Å². The number of aryl methyl sites for hydroxylation is 1. The molecule has 2 rings (SSSR count). The fourth-order valence-electron chi connectivity index (χ4n) is 2.62. The van der Waals surface area contributed by atoms with Crippen molar-refractivity contribution in [3.63, 3.8) is 0 Å². The van der Waals surface area contributed by atoms with E-state index in [0.717, 1.165) is 19.3 Å². The average molecular weight is 274 g/mol. The highest BCUT2D eigenvalue weighted by Gasteiger charge is 2.28. The molecule has 2 N–H and O–H groups in total. The van der Waals surface area contributed by atoms with Gasteiger partial charge < -0.3 is 10.6 Å². The van der Waals surface area contributed by atoms with Crippen molar-refractivity contribution in [1.29, 1.82) is 0 Å². The van der Waals surface area contributed by atoms with Crippen molar-refractivity contribution in [3.05, 3.63) is 35.9 Å². The summed E-state index contributed by atoms with van der Waals surface area (Å²) < 4.78 is 0. The lowest BCUT2D eigenvalue weighted by Crippen LogP contribution is -2.45.